The van der Waals surface area contributed by atoms with Gasteiger partial charge in [-0.15, -0.1) is 0 Å². The highest BCUT2D eigenvalue weighted by atomic mass is 16.6. The third-order valence-electron chi connectivity index (χ3n) is 2.95. The molecule has 0 fully saturated rings. The SMILES string of the molecule is CCNc1cc(NC(C(=O)OC)C(C)C)cc([N+](=O)[O-])c1. The lowest BCUT2D eigenvalue weighted by atomic mass is 10.0. The van der Waals surface area contributed by atoms with E-state index in [1.807, 2.05) is 20.8 Å². The number of carbonyl (C=O) groups is 1. The predicted octanol–water partition coefficient (Wildman–Crippen LogP) is 2.64. The molecule has 0 amide bonds. The molecule has 1 aromatic rings. The molecule has 1 unspecified atom stereocenters. The van der Waals surface area contributed by atoms with E-state index in [4.69, 9.17) is 4.74 Å². The molecular formula is C14H21N3O4. The summed E-state index contributed by atoms with van der Waals surface area (Å²) in [6.07, 6.45) is 0. The number of nitro groups is 1. The Morgan fingerprint density at radius 3 is 2.43 bits per heavy atom. The number of hydrogen-bond donors (Lipinski definition) is 2. The molecular weight excluding hydrogens is 274 g/mol. The highest BCUT2D eigenvalue weighted by Crippen LogP contribution is 2.25. The van der Waals surface area contributed by atoms with Crippen molar-refractivity contribution in [2.45, 2.75) is 26.8 Å². The van der Waals surface area contributed by atoms with E-state index in [0.29, 0.717) is 17.9 Å². The Labute approximate surface area is 123 Å². The van der Waals surface area contributed by atoms with Crippen molar-refractivity contribution in [1.82, 2.24) is 0 Å². The number of non-ortho nitro benzene ring substituents is 1. The molecule has 0 aromatic heterocycles. The van der Waals surface area contributed by atoms with Gasteiger partial charge >= 0.3 is 5.97 Å². The van der Waals surface area contributed by atoms with Gasteiger partial charge in [0.25, 0.3) is 5.69 Å². The van der Waals surface area contributed by atoms with Crippen LogP contribution >= 0.6 is 0 Å². The maximum atomic E-state index is 11.8. The highest BCUT2D eigenvalue weighted by Gasteiger charge is 2.23. The van der Waals surface area contributed by atoms with Crippen molar-refractivity contribution in [3.05, 3.63) is 28.3 Å². The molecule has 2 N–H and O–H groups in total. The van der Waals surface area contributed by atoms with Crippen LogP contribution in [0, 0.1) is 16.0 Å². The van der Waals surface area contributed by atoms with Gasteiger partial charge in [0.1, 0.15) is 6.04 Å². The van der Waals surface area contributed by atoms with Gasteiger partial charge in [-0.25, -0.2) is 4.79 Å². The molecule has 0 aliphatic carbocycles. The first-order chi connectivity index (χ1) is 9.88. The summed E-state index contributed by atoms with van der Waals surface area (Å²) in [6, 6.07) is 4.03. The standard InChI is InChI=1S/C14H21N3O4/c1-5-15-10-6-11(8-12(7-10)17(19)20)16-13(9(2)3)14(18)21-4/h6-9,13,15-16H,5H2,1-4H3. The number of esters is 1. The highest BCUT2D eigenvalue weighted by molar-refractivity contribution is 5.80. The second kappa shape index (κ2) is 7.47. The molecule has 0 bridgehead atoms. The van der Waals surface area contributed by atoms with E-state index in [9.17, 15) is 14.9 Å². The minimum Gasteiger partial charge on any atom is -0.467 e. The zero-order valence-corrected chi connectivity index (χ0v) is 12.7. The lowest BCUT2D eigenvalue weighted by Gasteiger charge is -2.21. The molecule has 0 radical (unpaired) electrons. The monoisotopic (exact) mass is 295 g/mol. The summed E-state index contributed by atoms with van der Waals surface area (Å²) in [7, 11) is 1.32. The van der Waals surface area contributed by atoms with Gasteiger partial charge in [-0.1, -0.05) is 13.8 Å². The van der Waals surface area contributed by atoms with Crippen LogP contribution in [-0.2, 0) is 9.53 Å². The van der Waals surface area contributed by atoms with Crippen molar-refractivity contribution < 1.29 is 14.5 Å². The van der Waals surface area contributed by atoms with Crippen LogP contribution in [0.2, 0.25) is 0 Å². The van der Waals surface area contributed by atoms with Gasteiger partial charge < -0.3 is 15.4 Å². The molecule has 1 aromatic carbocycles. The van der Waals surface area contributed by atoms with Crippen LogP contribution in [0.1, 0.15) is 20.8 Å². The normalized spacial score (nSPS) is 11.9. The topological polar surface area (TPSA) is 93.5 Å². The van der Waals surface area contributed by atoms with Crippen molar-refractivity contribution in [2.24, 2.45) is 5.92 Å². The fourth-order valence-electron chi connectivity index (χ4n) is 1.91. The van der Waals surface area contributed by atoms with E-state index in [2.05, 4.69) is 10.6 Å². The van der Waals surface area contributed by atoms with Crippen LogP contribution in [0.15, 0.2) is 18.2 Å². The fraction of sp³-hybridized carbons (Fsp3) is 0.500. The lowest BCUT2D eigenvalue weighted by molar-refractivity contribution is -0.384. The lowest BCUT2D eigenvalue weighted by Crippen LogP contribution is -2.35. The van der Waals surface area contributed by atoms with E-state index in [1.54, 1.807) is 6.07 Å². The van der Waals surface area contributed by atoms with Crippen LogP contribution < -0.4 is 10.6 Å². The molecule has 0 aliphatic rings. The molecule has 116 valence electrons. The van der Waals surface area contributed by atoms with E-state index in [1.165, 1.54) is 19.2 Å². The van der Waals surface area contributed by atoms with Crippen molar-refractivity contribution >= 4 is 23.0 Å². The van der Waals surface area contributed by atoms with Crippen LogP contribution in [0.3, 0.4) is 0 Å². The van der Waals surface area contributed by atoms with Gasteiger partial charge in [0.15, 0.2) is 0 Å². The molecule has 0 saturated carbocycles. The second-order valence-corrected chi connectivity index (χ2v) is 4.95. The molecule has 0 aliphatic heterocycles. The maximum Gasteiger partial charge on any atom is 0.328 e. The van der Waals surface area contributed by atoms with Crippen molar-refractivity contribution in [1.29, 1.82) is 0 Å². The van der Waals surface area contributed by atoms with Gasteiger partial charge in [0.2, 0.25) is 0 Å². The van der Waals surface area contributed by atoms with E-state index >= 15 is 0 Å². The number of nitrogens with zero attached hydrogens (tertiary/aromatic N) is 1. The smallest absolute Gasteiger partial charge is 0.328 e. The quantitative estimate of drug-likeness (QED) is 0.456. The Hall–Kier alpha value is -2.31. The minimum absolute atomic E-state index is 0.0145. The molecule has 0 spiro atoms. The summed E-state index contributed by atoms with van der Waals surface area (Å²) in [6.45, 7) is 6.29. The van der Waals surface area contributed by atoms with Crippen LogP contribution in [-0.4, -0.2) is 30.6 Å². The van der Waals surface area contributed by atoms with E-state index in [0.717, 1.165) is 0 Å². The number of carbonyl (C=O) groups excluding carboxylic acids is 1. The molecule has 0 heterocycles. The number of anilines is 2. The van der Waals surface area contributed by atoms with E-state index in [-0.39, 0.29) is 11.6 Å². The molecule has 1 atom stereocenters. The fourth-order valence-corrected chi connectivity index (χ4v) is 1.91. The summed E-state index contributed by atoms with van der Waals surface area (Å²) in [5, 5.41) is 17.0. The number of hydrogen-bond acceptors (Lipinski definition) is 6. The van der Waals surface area contributed by atoms with Gasteiger partial charge in [-0.3, -0.25) is 10.1 Å². The second-order valence-electron chi connectivity index (χ2n) is 4.95. The van der Waals surface area contributed by atoms with Gasteiger partial charge in [0.05, 0.1) is 12.0 Å². The summed E-state index contributed by atoms with van der Waals surface area (Å²) >= 11 is 0. The summed E-state index contributed by atoms with van der Waals surface area (Å²) < 4.78 is 4.75. The Morgan fingerprint density at radius 1 is 1.33 bits per heavy atom. The van der Waals surface area contributed by atoms with Gasteiger partial charge in [0, 0.05) is 30.1 Å². The minimum atomic E-state index is -0.563. The Morgan fingerprint density at radius 2 is 1.95 bits per heavy atom. The number of nitro benzene ring substituents is 1. The third-order valence-corrected chi connectivity index (χ3v) is 2.95. The van der Waals surface area contributed by atoms with Crippen LogP contribution in [0.5, 0.6) is 0 Å². The average Bonchev–Trinajstić information content (AvgIpc) is 2.43. The third kappa shape index (κ3) is 4.62. The number of methoxy groups -OCH3 is 1. The molecule has 21 heavy (non-hydrogen) atoms. The van der Waals surface area contributed by atoms with Gasteiger partial charge in [-0.2, -0.15) is 0 Å². The number of rotatable bonds is 7. The predicted molar refractivity (Wildman–Crippen MR) is 81.5 cm³/mol. The summed E-state index contributed by atoms with van der Waals surface area (Å²) in [5.41, 5.74) is 1.09. The zero-order chi connectivity index (χ0) is 16.0. The van der Waals surface area contributed by atoms with Gasteiger partial charge in [-0.05, 0) is 18.9 Å². The van der Waals surface area contributed by atoms with Crippen molar-refractivity contribution in [2.75, 3.05) is 24.3 Å². The first-order valence-electron chi connectivity index (χ1n) is 6.76. The molecule has 7 nitrogen and oxygen atoms in total. The Bertz CT molecular complexity index is 517. The van der Waals surface area contributed by atoms with E-state index < -0.39 is 16.9 Å². The number of benzene rings is 1. The summed E-state index contributed by atoms with van der Waals surface area (Å²) in [5.74, 6) is -0.416. The van der Waals surface area contributed by atoms with Crippen molar-refractivity contribution in [3.8, 4) is 0 Å². The first-order valence-corrected chi connectivity index (χ1v) is 6.76. The number of ether oxygens (including phenoxy) is 1. The average molecular weight is 295 g/mol. The maximum absolute atomic E-state index is 11.8. The van der Waals surface area contributed by atoms with Crippen molar-refractivity contribution in [3.63, 3.8) is 0 Å². The number of nitrogens with one attached hydrogen (secondary N) is 2. The van der Waals surface area contributed by atoms with Crippen LogP contribution in [0.4, 0.5) is 17.1 Å². The zero-order valence-electron chi connectivity index (χ0n) is 12.7. The first kappa shape index (κ1) is 16.7. The Kier molecular flexibility index (Phi) is 5.95. The largest absolute Gasteiger partial charge is 0.467 e. The molecule has 1 rings (SSSR count). The Balaban J connectivity index is 3.09. The molecule has 7 heteroatoms. The van der Waals surface area contributed by atoms with Crippen LogP contribution in [0.25, 0.3) is 0 Å². The summed E-state index contributed by atoms with van der Waals surface area (Å²) in [4.78, 5) is 22.3. The molecule has 0 saturated heterocycles.